The lowest BCUT2D eigenvalue weighted by Crippen LogP contribution is -2.25. The number of methoxy groups -OCH3 is 1. The van der Waals surface area contributed by atoms with Crippen LogP contribution in [0, 0.1) is 10.1 Å². The van der Waals surface area contributed by atoms with E-state index in [1.165, 1.54) is 22.8 Å². The number of thiazole rings is 1. The van der Waals surface area contributed by atoms with Crippen LogP contribution in [-0.4, -0.2) is 45.1 Å². The molecule has 2 rings (SSSR count). The molecule has 0 aliphatic heterocycles. The van der Waals surface area contributed by atoms with Crippen molar-refractivity contribution in [1.29, 1.82) is 0 Å². The second-order valence-corrected chi connectivity index (χ2v) is 4.81. The van der Waals surface area contributed by atoms with Gasteiger partial charge in [-0.25, -0.2) is 0 Å². The average molecular weight is 300 g/mol. The molecule has 20 heavy (non-hydrogen) atoms. The zero-order valence-corrected chi connectivity index (χ0v) is 11.3. The van der Waals surface area contributed by atoms with Crippen LogP contribution in [0.3, 0.4) is 0 Å². The van der Waals surface area contributed by atoms with Gasteiger partial charge in [-0.2, -0.15) is 9.38 Å². The van der Waals surface area contributed by atoms with Crippen molar-refractivity contribution in [3.8, 4) is 0 Å². The van der Waals surface area contributed by atoms with Gasteiger partial charge >= 0.3 is 11.8 Å². The molecule has 10 heteroatoms. The molecule has 0 radical (unpaired) electrons. The van der Waals surface area contributed by atoms with E-state index in [2.05, 4.69) is 10.3 Å². The molecular formula is C10H12N4O5S. The molecule has 1 unspecified atom stereocenters. The summed E-state index contributed by atoms with van der Waals surface area (Å²) >= 11 is 1.27. The summed E-state index contributed by atoms with van der Waals surface area (Å²) in [6.07, 6.45) is 0.771. The molecule has 0 aliphatic rings. The Morgan fingerprint density at radius 1 is 1.75 bits per heavy atom. The standard InChI is InChI=1S/C10H12N4O5S/c1-19-6(4-7(15)16)5-11-8-9(14(17)18)13-2-3-20-10(13)12-8/h2-3,6,11H,4-5H2,1H3,(H,15,16). The Kier molecular flexibility index (Phi) is 4.15. The van der Waals surface area contributed by atoms with E-state index in [1.807, 2.05) is 0 Å². The second-order valence-electron chi connectivity index (χ2n) is 3.93. The molecule has 0 aromatic carbocycles. The Hall–Kier alpha value is -2.20. The molecule has 108 valence electrons. The molecule has 0 fully saturated rings. The summed E-state index contributed by atoms with van der Waals surface area (Å²) in [7, 11) is 1.38. The van der Waals surface area contributed by atoms with Crippen molar-refractivity contribution in [3.63, 3.8) is 0 Å². The number of aliphatic carboxylic acids is 1. The van der Waals surface area contributed by atoms with Gasteiger partial charge in [-0.05, 0) is 4.92 Å². The van der Waals surface area contributed by atoms with Crippen LogP contribution < -0.4 is 5.32 Å². The fourth-order valence-electron chi connectivity index (χ4n) is 1.71. The molecule has 0 bridgehead atoms. The fraction of sp³-hybridized carbons (Fsp3) is 0.400. The number of carbonyl (C=O) groups is 1. The molecule has 0 saturated heterocycles. The van der Waals surface area contributed by atoms with Crippen LogP contribution >= 0.6 is 11.3 Å². The summed E-state index contributed by atoms with van der Waals surface area (Å²) in [4.78, 5) is 25.8. The van der Waals surface area contributed by atoms with E-state index in [0.717, 1.165) is 0 Å². The third kappa shape index (κ3) is 2.86. The number of rotatable bonds is 7. The Bertz CT molecular complexity index is 637. The summed E-state index contributed by atoms with van der Waals surface area (Å²) in [5.41, 5.74) is 0. The molecule has 2 N–H and O–H groups in total. The average Bonchev–Trinajstić information content (AvgIpc) is 2.92. The third-order valence-electron chi connectivity index (χ3n) is 2.64. The Labute approximate surface area is 117 Å². The Balaban J connectivity index is 2.16. The van der Waals surface area contributed by atoms with Gasteiger partial charge in [0.2, 0.25) is 5.82 Å². The number of hydrogen-bond donors (Lipinski definition) is 2. The quantitative estimate of drug-likeness (QED) is 0.582. The molecule has 0 aliphatic carbocycles. The maximum Gasteiger partial charge on any atom is 0.372 e. The van der Waals surface area contributed by atoms with Crippen molar-refractivity contribution in [2.45, 2.75) is 12.5 Å². The van der Waals surface area contributed by atoms with Crippen LogP contribution in [0.15, 0.2) is 11.6 Å². The van der Waals surface area contributed by atoms with Crippen LogP contribution in [0.5, 0.6) is 0 Å². The van der Waals surface area contributed by atoms with Gasteiger partial charge in [0.05, 0.1) is 12.5 Å². The SMILES string of the molecule is COC(CNc1nc2sccn2c1[N+](=O)[O-])CC(=O)O. The van der Waals surface area contributed by atoms with E-state index in [4.69, 9.17) is 9.84 Å². The lowest BCUT2D eigenvalue weighted by atomic mass is 10.2. The summed E-state index contributed by atoms with van der Waals surface area (Å²) < 4.78 is 6.36. The summed E-state index contributed by atoms with van der Waals surface area (Å²) in [6.45, 7) is 0.120. The predicted octanol–water partition coefficient (Wildman–Crippen LogP) is 1.21. The van der Waals surface area contributed by atoms with Crippen molar-refractivity contribution in [2.24, 2.45) is 0 Å². The summed E-state index contributed by atoms with van der Waals surface area (Å²) in [5, 5.41) is 24.2. The van der Waals surface area contributed by atoms with E-state index in [9.17, 15) is 14.9 Å². The normalized spacial score (nSPS) is 12.4. The maximum atomic E-state index is 11.1. The highest BCUT2D eigenvalue weighted by molar-refractivity contribution is 7.15. The molecule has 9 nitrogen and oxygen atoms in total. The molecular weight excluding hydrogens is 288 g/mol. The van der Waals surface area contributed by atoms with Gasteiger partial charge in [-0.1, -0.05) is 11.3 Å². The van der Waals surface area contributed by atoms with Crippen LogP contribution in [0.1, 0.15) is 6.42 Å². The first-order chi connectivity index (χ1) is 9.52. The third-order valence-corrected chi connectivity index (χ3v) is 3.40. The van der Waals surface area contributed by atoms with Gasteiger partial charge in [0.15, 0.2) is 0 Å². The zero-order valence-electron chi connectivity index (χ0n) is 10.5. The van der Waals surface area contributed by atoms with Gasteiger partial charge < -0.3 is 25.3 Å². The number of imidazole rings is 1. The minimum Gasteiger partial charge on any atom is -0.481 e. The summed E-state index contributed by atoms with van der Waals surface area (Å²) in [6, 6.07) is 0. The van der Waals surface area contributed by atoms with Crippen LogP contribution in [0.2, 0.25) is 0 Å². The molecule has 1 atom stereocenters. The fourth-order valence-corrected chi connectivity index (χ4v) is 2.42. The van der Waals surface area contributed by atoms with E-state index >= 15 is 0 Å². The number of hydrogen-bond acceptors (Lipinski definition) is 7. The number of nitro groups is 1. The van der Waals surface area contributed by atoms with Gasteiger partial charge in [0, 0.05) is 19.0 Å². The van der Waals surface area contributed by atoms with Crippen LogP contribution in [0.25, 0.3) is 4.96 Å². The number of anilines is 1. The number of carboxylic acids is 1. The Morgan fingerprint density at radius 3 is 3.10 bits per heavy atom. The Morgan fingerprint density at radius 2 is 2.50 bits per heavy atom. The van der Waals surface area contributed by atoms with Gasteiger partial charge in [0.25, 0.3) is 4.96 Å². The first kappa shape index (κ1) is 14.2. The van der Waals surface area contributed by atoms with E-state index < -0.39 is 17.0 Å². The molecule has 2 aromatic heterocycles. The molecule has 0 amide bonds. The molecule has 0 spiro atoms. The van der Waals surface area contributed by atoms with Crippen molar-refractivity contribution in [2.75, 3.05) is 19.0 Å². The first-order valence-electron chi connectivity index (χ1n) is 5.61. The van der Waals surface area contributed by atoms with Gasteiger partial charge in [0.1, 0.15) is 6.20 Å². The van der Waals surface area contributed by atoms with Crippen molar-refractivity contribution in [3.05, 3.63) is 21.7 Å². The van der Waals surface area contributed by atoms with Gasteiger partial charge in [-0.15, -0.1) is 0 Å². The van der Waals surface area contributed by atoms with E-state index in [0.29, 0.717) is 4.96 Å². The highest BCUT2D eigenvalue weighted by Gasteiger charge is 2.24. The number of aromatic nitrogens is 2. The first-order valence-corrected chi connectivity index (χ1v) is 6.49. The topological polar surface area (TPSA) is 119 Å². The molecule has 0 saturated carbocycles. The van der Waals surface area contributed by atoms with Crippen LogP contribution in [-0.2, 0) is 9.53 Å². The number of fused-ring (bicyclic) bond motifs is 1. The van der Waals surface area contributed by atoms with Crippen molar-refractivity contribution < 1.29 is 19.6 Å². The monoisotopic (exact) mass is 300 g/mol. The number of nitrogens with zero attached hydrogens (tertiary/aromatic N) is 3. The number of nitrogens with one attached hydrogen (secondary N) is 1. The lowest BCUT2D eigenvalue weighted by molar-refractivity contribution is -0.389. The van der Waals surface area contributed by atoms with E-state index in [-0.39, 0.29) is 24.6 Å². The largest absolute Gasteiger partial charge is 0.481 e. The molecule has 2 heterocycles. The second kappa shape index (κ2) is 5.84. The smallest absolute Gasteiger partial charge is 0.372 e. The maximum absolute atomic E-state index is 11.1. The number of carboxylic acid groups (broad SMARTS) is 1. The van der Waals surface area contributed by atoms with Crippen molar-refractivity contribution in [1.82, 2.24) is 9.38 Å². The minimum atomic E-state index is -1.00. The minimum absolute atomic E-state index is 0.106. The lowest BCUT2D eigenvalue weighted by Gasteiger charge is -2.13. The zero-order chi connectivity index (χ0) is 14.7. The van der Waals surface area contributed by atoms with Crippen LogP contribution in [0.4, 0.5) is 11.6 Å². The highest BCUT2D eigenvalue weighted by Crippen LogP contribution is 2.27. The predicted molar refractivity (Wildman–Crippen MR) is 71.3 cm³/mol. The van der Waals surface area contributed by atoms with Crippen molar-refractivity contribution >= 4 is 33.9 Å². The summed E-state index contributed by atoms with van der Waals surface area (Å²) in [5.74, 6) is -1.07. The highest BCUT2D eigenvalue weighted by atomic mass is 32.1. The number of ether oxygens (including phenoxy) is 1. The van der Waals surface area contributed by atoms with E-state index in [1.54, 1.807) is 11.6 Å². The van der Waals surface area contributed by atoms with Gasteiger partial charge in [-0.3, -0.25) is 4.79 Å². The molecule has 2 aromatic rings.